The minimum Gasteiger partial charge on any atom is -0.384 e. The van der Waals surface area contributed by atoms with Crippen LogP contribution in [0.15, 0.2) is 18.2 Å². The number of aryl methyl sites for hydroxylation is 1. The number of halogens is 3. The summed E-state index contributed by atoms with van der Waals surface area (Å²) in [6, 6.07) is 3.73. The number of benzene rings is 1. The Labute approximate surface area is 100 Å². The first-order chi connectivity index (χ1) is 7.68. The summed E-state index contributed by atoms with van der Waals surface area (Å²) in [5, 5.41) is 9.30. The van der Waals surface area contributed by atoms with Crippen molar-refractivity contribution in [2.24, 2.45) is 0 Å². The fraction of sp³-hybridized carbons (Fsp3) is 0.538. The average molecular weight is 248 g/mol. The molecule has 0 saturated carbocycles. The Kier molecular flexibility index (Phi) is 5.20. The lowest BCUT2D eigenvalue weighted by Gasteiger charge is -2.29. The molecule has 0 atom stereocenters. The number of aliphatic hydroxyl groups is 1. The van der Waals surface area contributed by atoms with Crippen molar-refractivity contribution in [3.63, 3.8) is 0 Å². The van der Waals surface area contributed by atoms with E-state index in [4.69, 9.17) is 0 Å². The Bertz CT molecular complexity index is 367. The van der Waals surface area contributed by atoms with E-state index in [0.29, 0.717) is 0 Å². The van der Waals surface area contributed by atoms with Crippen molar-refractivity contribution in [1.29, 1.82) is 0 Å². The lowest BCUT2D eigenvalue weighted by Crippen LogP contribution is -2.40. The Morgan fingerprint density at radius 2 is 1.59 bits per heavy atom. The molecule has 98 valence electrons. The van der Waals surface area contributed by atoms with Gasteiger partial charge in [-0.05, 0) is 32.4 Å². The van der Waals surface area contributed by atoms with Crippen LogP contribution in [-0.4, -0.2) is 10.7 Å². The lowest BCUT2D eigenvalue weighted by atomic mass is 9.92. The largest absolute Gasteiger partial charge is 0.384 e. The highest BCUT2D eigenvalue weighted by molar-refractivity contribution is 5.30. The molecule has 0 fully saturated rings. The SMILES string of the molecule is CC.Cc1cccc(C(F)(F)C(C)(C)O)c1F. The van der Waals surface area contributed by atoms with Crippen molar-refractivity contribution in [2.75, 3.05) is 0 Å². The predicted octanol–water partition coefficient (Wildman–Crippen LogP) is 4.02. The number of hydrogen-bond donors (Lipinski definition) is 1. The molecule has 0 aliphatic rings. The van der Waals surface area contributed by atoms with Gasteiger partial charge in [-0.25, -0.2) is 4.39 Å². The van der Waals surface area contributed by atoms with Crippen LogP contribution in [-0.2, 0) is 5.92 Å². The molecule has 0 heterocycles. The molecule has 0 aromatic heterocycles. The quantitative estimate of drug-likeness (QED) is 0.838. The fourth-order valence-corrected chi connectivity index (χ4v) is 1.22. The number of alkyl halides is 2. The van der Waals surface area contributed by atoms with E-state index in [1.54, 1.807) is 0 Å². The zero-order chi connectivity index (χ0) is 13.9. The maximum Gasteiger partial charge on any atom is 0.303 e. The fourth-order valence-electron chi connectivity index (χ4n) is 1.22. The second-order valence-corrected chi connectivity index (χ2v) is 4.07. The van der Waals surface area contributed by atoms with E-state index in [1.807, 2.05) is 13.8 Å². The molecule has 1 aromatic rings. The third-order valence-electron chi connectivity index (χ3n) is 2.30. The molecule has 17 heavy (non-hydrogen) atoms. The summed E-state index contributed by atoms with van der Waals surface area (Å²) >= 11 is 0. The third-order valence-corrected chi connectivity index (χ3v) is 2.30. The van der Waals surface area contributed by atoms with Gasteiger partial charge in [0.25, 0.3) is 0 Å². The Balaban J connectivity index is 0.00000121. The Hall–Kier alpha value is -1.03. The Morgan fingerprint density at radius 3 is 2.00 bits per heavy atom. The minimum absolute atomic E-state index is 0.136. The van der Waals surface area contributed by atoms with Crippen LogP contribution in [0.1, 0.15) is 38.8 Å². The molecular formula is C13H19F3O. The molecule has 0 aliphatic carbocycles. The minimum atomic E-state index is -3.61. The van der Waals surface area contributed by atoms with Crippen LogP contribution in [0, 0.1) is 12.7 Å². The summed E-state index contributed by atoms with van der Waals surface area (Å²) < 4.78 is 40.7. The van der Waals surface area contributed by atoms with E-state index in [2.05, 4.69) is 0 Å². The molecule has 0 aliphatic heterocycles. The molecule has 0 unspecified atom stereocenters. The van der Waals surface area contributed by atoms with E-state index in [9.17, 15) is 18.3 Å². The van der Waals surface area contributed by atoms with Crippen LogP contribution in [0.5, 0.6) is 0 Å². The lowest BCUT2D eigenvalue weighted by molar-refractivity contribution is -0.170. The molecule has 4 heteroatoms. The molecule has 0 saturated heterocycles. The van der Waals surface area contributed by atoms with E-state index in [-0.39, 0.29) is 5.56 Å². The highest BCUT2D eigenvalue weighted by Crippen LogP contribution is 2.40. The van der Waals surface area contributed by atoms with Gasteiger partial charge in [0.2, 0.25) is 0 Å². The molecule has 1 rings (SSSR count). The molecule has 0 amide bonds. The van der Waals surface area contributed by atoms with E-state index in [1.165, 1.54) is 19.1 Å². The van der Waals surface area contributed by atoms with Crippen molar-refractivity contribution >= 4 is 0 Å². The van der Waals surface area contributed by atoms with Crippen molar-refractivity contribution in [3.8, 4) is 0 Å². The van der Waals surface area contributed by atoms with Crippen molar-refractivity contribution in [2.45, 2.75) is 46.1 Å². The second-order valence-electron chi connectivity index (χ2n) is 4.07. The van der Waals surface area contributed by atoms with Crippen LogP contribution < -0.4 is 0 Å². The highest BCUT2D eigenvalue weighted by atomic mass is 19.3. The zero-order valence-corrected chi connectivity index (χ0v) is 10.8. The maximum absolute atomic E-state index is 13.6. The van der Waals surface area contributed by atoms with Gasteiger partial charge in [-0.3, -0.25) is 0 Å². The molecule has 1 N–H and O–H groups in total. The molecule has 0 radical (unpaired) electrons. The van der Waals surface area contributed by atoms with Crippen LogP contribution in [0.25, 0.3) is 0 Å². The molecule has 1 aromatic carbocycles. The van der Waals surface area contributed by atoms with Crippen LogP contribution >= 0.6 is 0 Å². The van der Waals surface area contributed by atoms with Gasteiger partial charge < -0.3 is 5.11 Å². The normalized spacial score (nSPS) is 11.8. The maximum atomic E-state index is 13.6. The third kappa shape index (κ3) is 3.22. The van der Waals surface area contributed by atoms with Gasteiger partial charge >= 0.3 is 5.92 Å². The summed E-state index contributed by atoms with van der Waals surface area (Å²) in [7, 11) is 0. The van der Waals surface area contributed by atoms with Crippen LogP contribution in [0.3, 0.4) is 0 Å². The van der Waals surface area contributed by atoms with Gasteiger partial charge in [0, 0.05) is 0 Å². The van der Waals surface area contributed by atoms with Gasteiger partial charge in [-0.2, -0.15) is 8.78 Å². The van der Waals surface area contributed by atoms with Gasteiger partial charge in [-0.15, -0.1) is 0 Å². The van der Waals surface area contributed by atoms with Gasteiger partial charge in [0.15, 0.2) is 0 Å². The average Bonchev–Trinajstić information content (AvgIpc) is 2.23. The summed E-state index contributed by atoms with van der Waals surface area (Å²) in [6.45, 7) is 7.31. The van der Waals surface area contributed by atoms with Gasteiger partial charge in [0.1, 0.15) is 11.4 Å². The zero-order valence-electron chi connectivity index (χ0n) is 10.8. The van der Waals surface area contributed by atoms with Crippen LogP contribution in [0.2, 0.25) is 0 Å². The highest BCUT2D eigenvalue weighted by Gasteiger charge is 2.48. The second kappa shape index (κ2) is 5.54. The summed E-state index contributed by atoms with van der Waals surface area (Å²) in [5.41, 5.74) is -2.92. The number of rotatable bonds is 2. The topological polar surface area (TPSA) is 20.2 Å². The summed E-state index contributed by atoms with van der Waals surface area (Å²) in [6.07, 6.45) is 0. The monoisotopic (exact) mass is 248 g/mol. The van der Waals surface area contributed by atoms with Gasteiger partial charge in [0.05, 0.1) is 5.56 Å². The molecular weight excluding hydrogens is 229 g/mol. The predicted molar refractivity (Wildman–Crippen MR) is 62.7 cm³/mol. The van der Waals surface area contributed by atoms with Crippen molar-refractivity contribution in [1.82, 2.24) is 0 Å². The smallest absolute Gasteiger partial charge is 0.303 e. The summed E-state index contributed by atoms with van der Waals surface area (Å²) in [4.78, 5) is 0. The van der Waals surface area contributed by atoms with E-state index >= 15 is 0 Å². The van der Waals surface area contributed by atoms with E-state index < -0.39 is 22.9 Å². The molecule has 1 nitrogen and oxygen atoms in total. The van der Waals surface area contributed by atoms with Crippen molar-refractivity contribution < 1.29 is 18.3 Å². The van der Waals surface area contributed by atoms with Gasteiger partial charge in [-0.1, -0.05) is 26.0 Å². The van der Waals surface area contributed by atoms with Crippen molar-refractivity contribution in [3.05, 3.63) is 35.1 Å². The number of hydrogen-bond acceptors (Lipinski definition) is 1. The first-order valence-electron chi connectivity index (χ1n) is 5.53. The first kappa shape index (κ1) is 16.0. The molecule has 0 bridgehead atoms. The molecule has 0 spiro atoms. The Morgan fingerprint density at radius 1 is 1.12 bits per heavy atom. The summed E-state index contributed by atoms with van der Waals surface area (Å²) in [5.74, 6) is -4.58. The van der Waals surface area contributed by atoms with E-state index in [0.717, 1.165) is 19.9 Å². The first-order valence-corrected chi connectivity index (χ1v) is 5.53. The standard InChI is InChI=1S/C11H13F3O.C2H6/c1-7-5-4-6-8(9(7)12)11(13,14)10(2,3)15;1-2/h4-6,15H,1-3H3;1-2H3. The van der Waals surface area contributed by atoms with Crippen LogP contribution in [0.4, 0.5) is 13.2 Å².